The van der Waals surface area contributed by atoms with Crippen LogP contribution in [-0.2, 0) is 0 Å². The number of halogens is 1. The lowest BCUT2D eigenvalue weighted by molar-refractivity contribution is 0.0786. The fourth-order valence-corrected chi connectivity index (χ4v) is 2.49. The molecule has 1 amide bonds. The van der Waals surface area contributed by atoms with Gasteiger partial charge in [-0.15, -0.1) is 0 Å². The average molecular weight is 291 g/mol. The Hall–Kier alpha value is -2.44. The van der Waals surface area contributed by atoms with Gasteiger partial charge >= 0.3 is 0 Å². The summed E-state index contributed by atoms with van der Waals surface area (Å²) in [5, 5.41) is 13.5. The van der Waals surface area contributed by atoms with E-state index in [0.29, 0.717) is 31.2 Å². The van der Waals surface area contributed by atoms with Crippen molar-refractivity contribution in [1.82, 2.24) is 15.0 Å². The second kappa shape index (κ2) is 5.16. The van der Waals surface area contributed by atoms with Crippen LogP contribution in [0.2, 0.25) is 0 Å². The number of hydrogen-bond acceptors (Lipinski definition) is 5. The van der Waals surface area contributed by atoms with Crippen LogP contribution in [0.1, 0.15) is 34.4 Å². The van der Waals surface area contributed by atoms with E-state index in [2.05, 4.69) is 10.1 Å². The molecule has 1 aromatic heterocycles. The van der Waals surface area contributed by atoms with Crippen molar-refractivity contribution >= 4 is 5.91 Å². The van der Waals surface area contributed by atoms with Crippen molar-refractivity contribution in [3.05, 3.63) is 41.3 Å². The van der Waals surface area contributed by atoms with E-state index in [1.54, 1.807) is 11.8 Å². The largest absolute Gasteiger partial charge is 0.504 e. The fraction of sp³-hybridized carbons (Fsp3) is 0.357. The maximum absolute atomic E-state index is 13.3. The van der Waals surface area contributed by atoms with Gasteiger partial charge in [0.1, 0.15) is 0 Å². The number of aryl methyl sites for hydroxylation is 1. The number of aromatic hydroxyl groups is 1. The Bertz CT molecular complexity index is 686. The van der Waals surface area contributed by atoms with Crippen LogP contribution in [0.4, 0.5) is 4.39 Å². The zero-order chi connectivity index (χ0) is 15.0. The van der Waals surface area contributed by atoms with Crippen LogP contribution in [0, 0.1) is 12.7 Å². The summed E-state index contributed by atoms with van der Waals surface area (Å²) in [6.07, 6.45) is 0.709. The Morgan fingerprint density at radius 3 is 3.05 bits per heavy atom. The van der Waals surface area contributed by atoms with Crippen molar-refractivity contribution in [1.29, 1.82) is 0 Å². The number of nitrogens with zero attached hydrogens (tertiary/aromatic N) is 3. The second-order valence-corrected chi connectivity index (χ2v) is 5.04. The van der Waals surface area contributed by atoms with Crippen LogP contribution in [0.5, 0.6) is 5.75 Å². The van der Waals surface area contributed by atoms with Crippen molar-refractivity contribution in [2.75, 3.05) is 13.1 Å². The number of phenolic OH excluding ortho intramolecular Hbond substituents is 1. The van der Waals surface area contributed by atoms with Gasteiger partial charge in [-0.2, -0.15) is 4.98 Å². The molecule has 1 unspecified atom stereocenters. The number of carbonyl (C=O) groups is 1. The lowest BCUT2D eigenvalue weighted by Gasteiger charge is -2.16. The van der Waals surface area contributed by atoms with Crippen LogP contribution >= 0.6 is 0 Å². The van der Waals surface area contributed by atoms with Gasteiger partial charge in [0.05, 0.1) is 5.56 Å². The van der Waals surface area contributed by atoms with Crippen molar-refractivity contribution < 1.29 is 18.8 Å². The molecule has 0 aliphatic carbocycles. The highest BCUT2D eigenvalue weighted by molar-refractivity contribution is 5.97. The summed E-state index contributed by atoms with van der Waals surface area (Å²) >= 11 is 0. The van der Waals surface area contributed by atoms with Gasteiger partial charge in [0, 0.05) is 25.9 Å². The molecule has 7 heteroatoms. The van der Waals surface area contributed by atoms with E-state index >= 15 is 0 Å². The fourth-order valence-electron chi connectivity index (χ4n) is 2.49. The number of carbonyl (C=O) groups excluding carboxylic acids is 1. The van der Waals surface area contributed by atoms with E-state index in [1.165, 1.54) is 12.1 Å². The minimum absolute atomic E-state index is 0.00195. The molecule has 1 aromatic carbocycles. The lowest BCUT2D eigenvalue weighted by atomic mass is 10.1. The monoisotopic (exact) mass is 291 g/mol. The third-order valence-electron chi connectivity index (χ3n) is 3.60. The number of phenols is 1. The van der Waals surface area contributed by atoms with Crippen LogP contribution in [0.15, 0.2) is 22.7 Å². The number of likely N-dealkylation sites (tertiary alicyclic amines) is 1. The average Bonchev–Trinajstić information content (AvgIpc) is 3.09. The molecule has 2 heterocycles. The Kier molecular flexibility index (Phi) is 3.32. The maximum Gasteiger partial charge on any atom is 0.257 e. The second-order valence-electron chi connectivity index (χ2n) is 5.04. The summed E-state index contributed by atoms with van der Waals surface area (Å²) in [6, 6.07) is 3.92. The highest BCUT2D eigenvalue weighted by Crippen LogP contribution is 2.29. The number of rotatable bonds is 2. The van der Waals surface area contributed by atoms with Gasteiger partial charge in [-0.25, -0.2) is 4.39 Å². The first-order valence-electron chi connectivity index (χ1n) is 6.63. The molecular weight excluding hydrogens is 277 g/mol. The van der Waals surface area contributed by atoms with E-state index < -0.39 is 17.5 Å². The summed E-state index contributed by atoms with van der Waals surface area (Å²) in [5.74, 6) is -0.743. The minimum Gasteiger partial charge on any atom is -0.504 e. The molecule has 0 saturated carbocycles. The highest BCUT2D eigenvalue weighted by atomic mass is 19.1. The van der Waals surface area contributed by atoms with Gasteiger partial charge in [-0.3, -0.25) is 4.79 Å². The van der Waals surface area contributed by atoms with Gasteiger partial charge in [-0.05, 0) is 18.6 Å². The van der Waals surface area contributed by atoms with Crippen molar-refractivity contribution in [3.8, 4) is 5.75 Å². The molecule has 0 spiro atoms. The van der Waals surface area contributed by atoms with E-state index in [-0.39, 0.29) is 11.5 Å². The van der Waals surface area contributed by atoms with Crippen LogP contribution in [-0.4, -0.2) is 39.1 Å². The molecule has 1 aliphatic rings. The van der Waals surface area contributed by atoms with E-state index in [9.17, 15) is 14.3 Å². The summed E-state index contributed by atoms with van der Waals surface area (Å²) in [5.41, 5.74) is -0.0278. The van der Waals surface area contributed by atoms with Crippen LogP contribution in [0.3, 0.4) is 0 Å². The normalized spacial score (nSPS) is 18.2. The molecule has 1 fully saturated rings. The molecule has 110 valence electrons. The minimum atomic E-state index is -0.801. The first-order valence-corrected chi connectivity index (χ1v) is 6.63. The summed E-state index contributed by atoms with van der Waals surface area (Å²) in [4.78, 5) is 18.1. The molecule has 1 saturated heterocycles. The number of benzene rings is 1. The van der Waals surface area contributed by atoms with E-state index in [1.807, 2.05) is 0 Å². The van der Waals surface area contributed by atoms with E-state index in [0.717, 1.165) is 6.07 Å². The number of hydrogen-bond donors (Lipinski definition) is 1. The molecule has 0 radical (unpaired) electrons. The summed E-state index contributed by atoms with van der Waals surface area (Å²) in [7, 11) is 0. The molecule has 21 heavy (non-hydrogen) atoms. The third-order valence-corrected chi connectivity index (χ3v) is 3.60. The molecule has 1 atom stereocenters. The van der Waals surface area contributed by atoms with Crippen LogP contribution < -0.4 is 0 Å². The molecule has 1 N–H and O–H groups in total. The molecule has 2 aromatic rings. The van der Waals surface area contributed by atoms with E-state index in [4.69, 9.17) is 4.52 Å². The SMILES string of the molecule is Cc1nc(C2CCN(C(=O)c3cccc(F)c3O)C2)no1. The molecular formula is C14H14FN3O3. The van der Waals surface area contributed by atoms with Gasteiger partial charge in [0.2, 0.25) is 5.89 Å². The van der Waals surface area contributed by atoms with Crippen LogP contribution in [0.25, 0.3) is 0 Å². The Balaban J connectivity index is 1.77. The number of para-hydroxylation sites is 1. The molecule has 3 rings (SSSR count). The van der Waals surface area contributed by atoms with Gasteiger partial charge < -0.3 is 14.5 Å². The predicted molar refractivity (Wildman–Crippen MR) is 70.4 cm³/mol. The lowest BCUT2D eigenvalue weighted by Crippen LogP contribution is -2.28. The molecule has 0 bridgehead atoms. The number of amides is 1. The van der Waals surface area contributed by atoms with Gasteiger partial charge in [-0.1, -0.05) is 11.2 Å². The maximum atomic E-state index is 13.3. The first kappa shape index (κ1) is 13.5. The smallest absolute Gasteiger partial charge is 0.257 e. The Morgan fingerprint density at radius 1 is 1.52 bits per heavy atom. The van der Waals surface area contributed by atoms with Crippen molar-refractivity contribution in [2.24, 2.45) is 0 Å². The zero-order valence-corrected chi connectivity index (χ0v) is 11.4. The van der Waals surface area contributed by atoms with Gasteiger partial charge in [0.15, 0.2) is 17.4 Å². The Labute approximate surface area is 120 Å². The summed E-state index contributed by atoms with van der Waals surface area (Å²) < 4.78 is 18.3. The topological polar surface area (TPSA) is 79.5 Å². The third kappa shape index (κ3) is 2.46. The quantitative estimate of drug-likeness (QED) is 0.913. The number of aromatic nitrogens is 2. The van der Waals surface area contributed by atoms with Crippen molar-refractivity contribution in [2.45, 2.75) is 19.3 Å². The molecule has 6 nitrogen and oxygen atoms in total. The zero-order valence-electron chi connectivity index (χ0n) is 11.4. The predicted octanol–water partition coefficient (Wildman–Crippen LogP) is 1.85. The Morgan fingerprint density at radius 2 is 2.33 bits per heavy atom. The molecule has 1 aliphatic heterocycles. The first-order chi connectivity index (χ1) is 10.1. The highest BCUT2D eigenvalue weighted by Gasteiger charge is 2.32. The summed E-state index contributed by atoms with van der Waals surface area (Å²) in [6.45, 7) is 2.64. The van der Waals surface area contributed by atoms with Crippen molar-refractivity contribution in [3.63, 3.8) is 0 Å². The van der Waals surface area contributed by atoms with Gasteiger partial charge in [0.25, 0.3) is 5.91 Å². The standard InChI is InChI=1S/C14H14FN3O3/c1-8-16-13(17-21-8)9-5-6-18(7-9)14(20)10-3-2-4-11(15)12(10)19/h2-4,9,19H,5-7H2,1H3.